The Morgan fingerprint density at radius 3 is 1.75 bits per heavy atom. The molecule has 0 rings (SSSR count). The van der Waals surface area contributed by atoms with Gasteiger partial charge in [-0.1, -0.05) is 27.7 Å². The van der Waals surface area contributed by atoms with Crippen molar-refractivity contribution in [2.45, 2.75) is 39.8 Å². The third kappa shape index (κ3) is 5.65. The fraction of sp³-hybridized carbons (Fsp3) is 1.00. The molecule has 12 heavy (non-hydrogen) atoms. The van der Waals surface area contributed by atoms with Crippen LogP contribution >= 0.6 is 0 Å². The summed E-state index contributed by atoms with van der Waals surface area (Å²) in [5, 5.41) is 0. The lowest BCUT2D eigenvalue weighted by Crippen LogP contribution is -2.46. The molecular formula is C6H25NSi5. The van der Waals surface area contributed by atoms with Crippen LogP contribution in [0.25, 0.3) is 0 Å². The minimum Gasteiger partial charge on any atom is -0.328 e. The van der Waals surface area contributed by atoms with Crippen LogP contribution in [0.1, 0.15) is 27.7 Å². The van der Waals surface area contributed by atoms with Crippen LogP contribution in [-0.4, -0.2) is 61.3 Å². The first-order chi connectivity index (χ1) is 5.45. The summed E-state index contributed by atoms with van der Waals surface area (Å²) in [4.78, 5) is 0. The molecule has 0 N–H and O–H groups in total. The Morgan fingerprint density at radius 1 is 1.08 bits per heavy atom. The summed E-state index contributed by atoms with van der Waals surface area (Å²) in [5.41, 5.74) is 0. The zero-order valence-corrected chi connectivity index (χ0v) is 17.6. The molecule has 0 saturated carbocycles. The third-order valence-corrected chi connectivity index (χ3v) is 55.4. The second-order valence-electron chi connectivity index (χ2n) is 4.61. The minimum absolute atomic E-state index is 0.128. The highest BCUT2D eigenvalue weighted by molar-refractivity contribution is 7.62. The molecule has 0 amide bonds. The van der Waals surface area contributed by atoms with E-state index >= 15 is 0 Å². The van der Waals surface area contributed by atoms with E-state index in [9.17, 15) is 0 Å². The lowest BCUT2D eigenvalue weighted by Gasteiger charge is -2.30. The van der Waals surface area contributed by atoms with Crippen molar-refractivity contribution >= 4 is 44.6 Å². The van der Waals surface area contributed by atoms with Gasteiger partial charge in [-0.2, -0.15) is 0 Å². The van der Waals surface area contributed by atoms with E-state index in [0.29, 0.717) is 8.55 Å². The molecule has 0 aliphatic carbocycles. The molecule has 0 radical (unpaired) electrons. The van der Waals surface area contributed by atoms with Gasteiger partial charge in [-0.25, -0.2) is 0 Å². The zero-order valence-electron chi connectivity index (χ0n) is 9.59. The molecule has 0 saturated heterocycles. The smallest absolute Gasteiger partial charge is 0.0767 e. The molecule has 0 unspecified atom stereocenters. The molecule has 0 aromatic rings. The predicted molar refractivity (Wildman–Crippen MR) is 76.2 cm³/mol. The van der Waals surface area contributed by atoms with Gasteiger partial charge in [0.05, 0.1) is 9.20 Å². The molecule has 0 heterocycles. The van der Waals surface area contributed by atoms with Crippen molar-refractivity contribution in [1.82, 2.24) is 4.57 Å². The molecule has 1 nitrogen and oxygen atoms in total. The normalized spacial score (nSPS) is 17.2. The summed E-state index contributed by atoms with van der Waals surface area (Å²) < 4.78 is 2.84. The minimum atomic E-state index is 0.128. The Hall–Kier alpha value is 1.04. The first kappa shape index (κ1) is 13.0. The van der Waals surface area contributed by atoms with Crippen molar-refractivity contribution in [3.8, 4) is 0 Å². The molecule has 0 aromatic heterocycles. The van der Waals surface area contributed by atoms with E-state index in [0.717, 1.165) is 12.1 Å². The average Bonchev–Trinajstić information content (AvgIpc) is 1.84. The van der Waals surface area contributed by atoms with Crippen LogP contribution in [0, 0.1) is 0 Å². The van der Waals surface area contributed by atoms with E-state index < -0.39 is 0 Å². The van der Waals surface area contributed by atoms with E-state index in [-0.39, 0.29) is 16.5 Å². The SMILES string of the molecule is CC(C)N([SiH2][SiH2][SiH]([SiH3])[SiH3])C(C)C. The largest absolute Gasteiger partial charge is 0.328 e. The summed E-state index contributed by atoms with van der Waals surface area (Å²) in [6.45, 7) is 9.49. The summed E-state index contributed by atoms with van der Waals surface area (Å²) in [5.74, 6) is 0. The summed E-state index contributed by atoms with van der Waals surface area (Å²) in [6.07, 6.45) is 0. The van der Waals surface area contributed by atoms with Crippen LogP contribution in [0.3, 0.4) is 0 Å². The summed E-state index contributed by atoms with van der Waals surface area (Å²) in [7, 11) is 4.23. The van der Waals surface area contributed by atoms with Crippen LogP contribution in [0.15, 0.2) is 0 Å². The van der Waals surface area contributed by atoms with Gasteiger partial charge in [0, 0.05) is 8.55 Å². The van der Waals surface area contributed by atoms with Gasteiger partial charge in [0.2, 0.25) is 0 Å². The van der Waals surface area contributed by atoms with E-state index in [1.807, 2.05) is 0 Å². The molecule has 0 bridgehead atoms. The number of hydrogen-bond donors (Lipinski definition) is 0. The maximum atomic E-state index is 2.84. The predicted octanol–water partition coefficient (Wildman–Crippen LogP) is -3.28. The highest BCUT2D eigenvalue weighted by atomic mass is 29.9. The Labute approximate surface area is 89.0 Å². The van der Waals surface area contributed by atoms with Gasteiger partial charge in [0.25, 0.3) is 0 Å². The van der Waals surface area contributed by atoms with Crippen LogP contribution in [0.4, 0.5) is 0 Å². The highest BCUT2D eigenvalue weighted by Crippen LogP contribution is 2.01. The van der Waals surface area contributed by atoms with E-state index in [1.165, 1.54) is 0 Å². The lowest BCUT2D eigenvalue weighted by atomic mass is 10.3. The molecule has 0 aromatic carbocycles. The van der Waals surface area contributed by atoms with Gasteiger partial charge < -0.3 is 4.57 Å². The Bertz CT molecular complexity index is 109. The summed E-state index contributed by atoms with van der Waals surface area (Å²) >= 11 is 0. The van der Waals surface area contributed by atoms with Crippen molar-refractivity contribution in [3.63, 3.8) is 0 Å². The molecule has 0 atom stereocenters. The van der Waals surface area contributed by atoms with Crippen molar-refractivity contribution in [2.24, 2.45) is 0 Å². The molecule has 0 fully saturated rings. The van der Waals surface area contributed by atoms with Crippen molar-refractivity contribution < 1.29 is 0 Å². The topological polar surface area (TPSA) is 3.24 Å². The number of rotatable bonds is 5. The first-order valence-electron chi connectivity index (χ1n) is 5.20. The standard InChI is InChI=1S/C6H25NSi5/c1-5(2)7(6(3)4)10-11-12(8)9/h5-6,12H,10-11H2,1-4,8-9H3. The molecule has 6 heteroatoms. The first-order valence-corrected chi connectivity index (χ1v) is 22.3. The van der Waals surface area contributed by atoms with E-state index in [1.54, 1.807) is 19.5 Å². The Morgan fingerprint density at radius 2 is 1.50 bits per heavy atom. The van der Waals surface area contributed by atoms with Crippen LogP contribution < -0.4 is 0 Å². The second kappa shape index (κ2) is 6.49. The fourth-order valence-electron chi connectivity index (χ4n) is 1.52. The summed E-state index contributed by atoms with van der Waals surface area (Å²) in [6, 6.07) is 1.67. The Kier molecular flexibility index (Phi) is 7.06. The molecule has 0 aliphatic rings. The van der Waals surface area contributed by atoms with Crippen LogP contribution in [0.5, 0.6) is 0 Å². The van der Waals surface area contributed by atoms with Gasteiger partial charge in [0.1, 0.15) is 0 Å². The average molecular weight is 252 g/mol. The van der Waals surface area contributed by atoms with Gasteiger partial charge >= 0.3 is 0 Å². The molecular weight excluding hydrogens is 227 g/mol. The van der Waals surface area contributed by atoms with Gasteiger partial charge in [-0.15, -0.1) is 0 Å². The lowest BCUT2D eigenvalue weighted by molar-refractivity contribution is 0.317. The maximum Gasteiger partial charge on any atom is 0.0767 e. The zero-order chi connectivity index (χ0) is 9.72. The monoisotopic (exact) mass is 251 g/mol. The highest BCUT2D eigenvalue weighted by Gasteiger charge is 2.13. The Balaban J connectivity index is 3.80. The molecule has 0 aliphatic heterocycles. The van der Waals surface area contributed by atoms with E-state index in [2.05, 4.69) is 32.3 Å². The van der Waals surface area contributed by atoms with Crippen molar-refractivity contribution in [3.05, 3.63) is 0 Å². The van der Waals surface area contributed by atoms with Gasteiger partial charge in [-0.05, 0) is 39.0 Å². The second-order valence-corrected chi connectivity index (χ2v) is 50.9. The van der Waals surface area contributed by atoms with Gasteiger partial charge in [-0.3, -0.25) is 0 Å². The van der Waals surface area contributed by atoms with Gasteiger partial charge in [0.15, 0.2) is 0 Å². The van der Waals surface area contributed by atoms with E-state index in [4.69, 9.17) is 0 Å². The van der Waals surface area contributed by atoms with Crippen molar-refractivity contribution in [1.29, 1.82) is 0 Å². The third-order valence-electron chi connectivity index (χ3n) is 2.29. The number of hydrogen-bond acceptors (Lipinski definition) is 1. The molecule has 0 spiro atoms. The van der Waals surface area contributed by atoms with Crippen LogP contribution in [-0.2, 0) is 0 Å². The van der Waals surface area contributed by atoms with Crippen LogP contribution in [0.2, 0.25) is 0 Å². The van der Waals surface area contributed by atoms with Crippen molar-refractivity contribution in [2.75, 3.05) is 0 Å². The fourth-order valence-corrected chi connectivity index (χ4v) is 30.2. The number of nitrogens with zero attached hydrogens (tertiary/aromatic N) is 1. The quantitative estimate of drug-likeness (QED) is 0.464. The maximum absolute atomic E-state index is 2.84. The molecule has 74 valence electrons.